The highest BCUT2D eigenvalue weighted by atomic mass is 32.1. The summed E-state index contributed by atoms with van der Waals surface area (Å²) in [7, 11) is 0. The van der Waals surface area contributed by atoms with Crippen LogP contribution in [0.15, 0.2) is 355 Å². The molecule has 4 aliphatic rings. The first-order valence-corrected chi connectivity index (χ1v) is 36.7. The minimum Gasteiger partial charge on any atom is -0.456 e. The van der Waals surface area contributed by atoms with E-state index in [2.05, 4.69) is 357 Å². The molecule has 0 amide bonds. The maximum atomic E-state index is 6.56. The smallest absolute Gasteiger partial charge is 0.135 e. The average Bonchev–Trinajstić information content (AvgIpc) is 1.51. The van der Waals surface area contributed by atoms with E-state index in [1.807, 2.05) is 11.3 Å². The molecule has 1 atom stereocenters. The van der Waals surface area contributed by atoms with Gasteiger partial charge in [0.05, 0.1) is 21.2 Å². The summed E-state index contributed by atoms with van der Waals surface area (Å²) >= 11 is 1.88. The number of para-hydroxylation sites is 2. The number of hydrogen-bond donors (Lipinski definition) is 0. The highest BCUT2D eigenvalue weighted by molar-refractivity contribution is 7.26. The lowest BCUT2D eigenvalue weighted by Crippen LogP contribution is -2.27. The van der Waals surface area contributed by atoms with Gasteiger partial charge < -0.3 is 18.6 Å². The lowest BCUT2D eigenvalue weighted by molar-refractivity contribution is 0.668. The molecule has 4 aliphatic carbocycles. The molecule has 0 saturated carbocycles. The fraction of sp³-hybridized carbons (Fsp3) is 0.0303. The summed E-state index contributed by atoms with van der Waals surface area (Å²) in [6.07, 6.45) is 6.59. The summed E-state index contributed by atoms with van der Waals surface area (Å²) in [5.41, 5.74) is 29.1. The number of benzene rings is 16. The molecule has 1 unspecified atom stereocenters. The molecule has 23 rings (SSSR count). The van der Waals surface area contributed by atoms with Crippen LogP contribution in [-0.2, 0) is 10.8 Å². The van der Waals surface area contributed by atoms with Gasteiger partial charge in [-0.15, -0.1) is 11.3 Å². The summed E-state index contributed by atoms with van der Waals surface area (Å²) in [5.74, 6) is 0. The van der Waals surface area contributed by atoms with Crippen molar-refractivity contribution in [2.24, 2.45) is 0 Å². The van der Waals surface area contributed by atoms with Crippen LogP contribution in [0.25, 0.3) is 135 Å². The van der Waals surface area contributed by atoms with E-state index < -0.39 is 10.8 Å². The fourth-order valence-electron chi connectivity index (χ4n) is 19.5. The zero-order valence-electron chi connectivity index (χ0n) is 56.6. The van der Waals surface area contributed by atoms with Crippen molar-refractivity contribution in [1.29, 1.82) is 0 Å². The summed E-state index contributed by atoms with van der Waals surface area (Å²) < 4.78 is 15.5. The summed E-state index contributed by atoms with van der Waals surface area (Å²) in [4.78, 5) is 5.00. The summed E-state index contributed by atoms with van der Waals surface area (Å²) in [5, 5.41) is 14.1. The first kappa shape index (κ1) is 57.7. The Bertz CT molecular complexity index is 7070. The van der Waals surface area contributed by atoms with E-state index in [-0.39, 0.29) is 0 Å². The third-order valence-electron chi connectivity index (χ3n) is 23.5. The van der Waals surface area contributed by atoms with E-state index in [0.717, 1.165) is 78.0 Å². The van der Waals surface area contributed by atoms with Crippen molar-refractivity contribution in [3.63, 3.8) is 0 Å². The minimum absolute atomic E-state index is 0.518. The number of rotatable bonds is 8. The average molecular weight is 1340 g/mol. The molecule has 0 aliphatic heterocycles. The Hall–Kier alpha value is -13.1. The van der Waals surface area contributed by atoms with Crippen LogP contribution in [0.2, 0.25) is 0 Å². The van der Waals surface area contributed by atoms with Crippen LogP contribution in [0.1, 0.15) is 51.4 Å². The topological polar surface area (TPSA) is 32.8 Å². The SMILES string of the molecule is C=CC1=C(/C=C\C)C2(c3ccccc31)c1ccccc1-c1ccc(N(c3ccc4oc5ccccc5c4c3)c3cccc4c3sc3cc5c6ccc(N(c7ccc8c(c7)C7(c9ccccc9-c9ccccc97)c7ccccc7-8)c7ccc8oc9ccccc9c8c7)cc6c6ccccc6c5cc34)cc12. The van der Waals surface area contributed by atoms with Crippen molar-refractivity contribution in [3.05, 3.63) is 390 Å². The molecule has 4 nitrogen and oxygen atoms in total. The third kappa shape index (κ3) is 7.49. The molecule has 104 heavy (non-hydrogen) atoms. The number of allylic oxidation sites excluding steroid dienone is 5. The van der Waals surface area contributed by atoms with Crippen molar-refractivity contribution < 1.29 is 8.83 Å². The number of thiophene rings is 1. The largest absolute Gasteiger partial charge is 0.456 e. The van der Waals surface area contributed by atoms with Crippen LogP contribution in [0.4, 0.5) is 34.1 Å². The Balaban J connectivity index is 0.735. The molecule has 3 heterocycles. The molecule has 0 N–H and O–H groups in total. The van der Waals surface area contributed by atoms with Gasteiger partial charge in [-0.2, -0.15) is 0 Å². The fourth-order valence-corrected chi connectivity index (χ4v) is 20.7. The van der Waals surface area contributed by atoms with Crippen LogP contribution in [0.3, 0.4) is 0 Å². The molecule has 0 saturated heterocycles. The number of anilines is 6. The Morgan fingerprint density at radius 2 is 0.692 bits per heavy atom. The maximum absolute atomic E-state index is 6.56. The molecule has 3 aromatic heterocycles. The maximum Gasteiger partial charge on any atom is 0.135 e. The van der Waals surface area contributed by atoms with E-state index in [1.165, 1.54) is 142 Å². The highest BCUT2D eigenvalue weighted by Crippen LogP contribution is 2.66. The van der Waals surface area contributed by atoms with Gasteiger partial charge in [0.15, 0.2) is 0 Å². The highest BCUT2D eigenvalue weighted by Gasteiger charge is 2.53. The predicted octanol–water partition coefficient (Wildman–Crippen LogP) is 27.4. The second kappa shape index (κ2) is 21.3. The summed E-state index contributed by atoms with van der Waals surface area (Å²) in [6, 6.07) is 118. The van der Waals surface area contributed by atoms with Crippen LogP contribution in [-0.4, -0.2) is 0 Å². The van der Waals surface area contributed by atoms with Gasteiger partial charge in [-0.1, -0.05) is 237 Å². The molecule has 16 aromatic carbocycles. The van der Waals surface area contributed by atoms with Gasteiger partial charge in [-0.25, -0.2) is 0 Å². The third-order valence-corrected chi connectivity index (χ3v) is 24.7. The molecule has 2 spiro atoms. The lowest BCUT2D eigenvalue weighted by Gasteiger charge is -2.33. The molecule has 0 fully saturated rings. The van der Waals surface area contributed by atoms with Crippen LogP contribution >= 0.6 is 11.3 Å². The van der Waals surface area contributed by atoms with E-state index in [4.69, 9.17) is 8.83 Å². The Morgan fingerprint density at radius 3 is 1.26 bits per heavy atom. The standard InChI is InChI=1S/C99H60N2O2S/c1-3-22-83-63(4-2)67-25-7-14-33-84(67)98(83)87-36-17-10-28-70(87)73-48-43-62(55-90(73)98)101(60-45-50-95-81(53-60)75-31-13-20-40-93(75)103-95)91-38-21-32-76-82-56-78-65-24-6-5-23-64(65)77-51-58(41-46-66(77)79(78)57-96(82)104-97(76)91)100(59-44-49-94-80(52-59)74-30-12-19-39-92(74)102-94)61-42-47-72-71-29-11-18-37-88(71)99(89(72)54-61)85-34-15-8-26-68(85)69-27-9-16-35-86(69)99/h3-57H,2H2,1H3/b22-3-. The molecular weight excluding hydrogens is 1280 g/mol. The van der Waals surface area contributed by atoms with E-state index >= 15 is 0 Å². The quantitative estimate of drug-likeness (QED) is 0.142. The normalized spacial score (nSPS) is 15.0. The Kier molecular flexibility index (Phi) is 11.8. The lowest BCUT2D eigenvalue weighted by atomic mass is 9.69. The second-order valence-corrected chi connectivity index (χ2v) is 29.4. The zero-order chi connectivity index (χ0) is 68.3. The number of nitrogens with zero attached hydrogens (tertiary/aromatic N) is 2. The molecular formula is C99H60N2O2S. The Morgan fingerprint density at radius 1 is 0.298 bits per heavy atom. The molecule has 0 bridgehead atoms. The van der Waals surface area contributed by atoms with E-state index in [1.54, 1.807) is 0 Å². The number of hydrogen-bond acceptors (Lipinski definition) is 5. The van der Waals surface area contributed by atoms with Crippen LogP contribution < -0.4 is 9.80 Å². The Labute approximate surface area is 603 Å². The molecule has 19 aromatic rings. The monoisotopic (exact) mass is 1340 g/mol. The minimum atomic E-state index is -0.586. The van der Waals surface area contributed by atoms with Crippen molar-refractivity contribution >= 4 is 147 Å². The first-order chi connectivity index (χ1) is 51.5. The summed E-state index contributed by atoms with van der Waals surface area (Å²) in [6.45, 7) is 6.60. The van der Waals surface area contributed by atoms with Gasteiger partial charge in [-0.3, -0.25) is 0 Å². The van der Waals surface area contributed by atoms with Crippen molar-refractivity contribution in [2.45, 2.75) is 17.8 Å². The van der Waals surface area contributed by atoms with Gasteiger partial charge in [-0.05, 0) is 231 Å². The van der Waals surface area contributed by atoms with Crippen LogP contribution in [0, 0.1) is 0 Å². The van der Waals surface area contributed by atoms with Crippen molar-refractivity contribution in [2.75, 3.05) is 9.80 Å². The van der Waals surface area contributed by atoms with Gasteiger partial charge in [0, 0.05) is 65.5 Å². The molecule has 0 radical (unpaired) electrons. The van der Waals surface area contributed by atoms with Gasteiger partial charge in [0.2, 0.25) is 0 Å². The van der Waals surface area contributed by atoms with Gasteiger partial charge in [0.1, 0.15) is 22.3 Å². The molecule has 484 valence electrons. The van der Waals surface area contributed by atoms with Gasteiger partial charge in [0.25, 0.3) is 0 Å². The van der Waals surface area contributed by atoms with Crippen molar-refractivity contribution in [1.82, 2.24) is 0 Å². The van der Waals surface area contributed by atoms with E-state index in [0.29, 0.717) is 0 Å². The van der Waals surface area contributed by atoms with E-state index in [9.17, 15) is 0 Å². The number of fused-ring (bicyclic) bond motifs is 32. The van der Waals surface area contributed by atoms with Gasteiger partial charge >= 0.3 is 0 Å². The predicted molar refractivity (Wildman–Crippen MR) is 436 cm³/mol. The van der Waals surface area contributed by atoms with Crippen LogP contribution in [0.5, 0.6) is 0 Å². The molecule has 5 heteroatoms. The van der Waals surface area contributed by atoms with Crippen molar-refractivity contribution in [3.8, 4) is 33.4 Å². The number of furan rings is 2. The first-order valence-electron chi connectivity index (χ1n) is 35.9. The zero-order valence-corrected chi connectivity index (χ0v) is 57.4. The second-order valence-electron chi connectivity index (χ2n) is 28.4.